The molecule has 0 saturated heterocycles. The highest BCUT2D eigenvalue weighted by atomic mass is 16.5. The minimum absolute atomic E-state index is 0.370. The third-order valence-electron chi connectivity index (χ3n) is 6.08. The molecule has 41 heavy (non-hydrogen) atoms. The number of hydrogen-bond donors (Lipinski definition) is 1. The molecule has 3 aromatic rings. The lowest BCUT2D eigenvalue weighted by atomic mass is 10.1. The number of methoxy groups -OCH3 is 8. The Morgan fingerprint density at radius 2 is 0.976 bits per heavy atom. The fourth-order valence-corrected chi connectivity index (χ4v) is 4.13. The number of carbonyl (C=O) groups is 1. The summed E-state index contributed by atoms with van der Waals surface area (Å²) < 4.78 is 43.6. The van der Waals surface area contributed by atoms with Crippen molar-refractivity contribution >= 4 is 29.8 Å². The molecule has 3 rings (SSSR count). The number of carbonyl (C=O) groups excluding carboxylic acids is 1. The van der Waals surface area contributed by atoms with E-state index in [0.29, 0.717) is 62.8 Å². The van der Waals surface area contributed by atoms with Gasteiger partial charge in [0.15, 0.2) is 34.5 Å². The molecule has 10 nitrogen and oxygen atoms in total. The average Bonchev–Trinajstić information content (AvgIpc) is 3.01. The van der Waals surface area contributed by atoms with Crippen molar-refractivity contribution in [2.75, 3.05) is 62.2 Å². The van der Waals surface area contributed by atoms with Gasteiger partial charge in [0.2, 0.25) is 17.4 Å². The molecule has 1 amide bonds. The summed E-state index contributed by atoms with van der Waals surface area (Å²) in [5, 5.41) is 2.92. The first-order valence-corrected chi connectivity index (χ1v) is 12.4. The molecule has 0 radical (unpaired) electrons. The molecule has 0 atom stereocenters. The fourth-order valence-electron chi connectivity index (χ4n) is 4.13. The maximum Gasteiger partial charge on any atom is 0.248 e. The number of anilines is 1. The van der Waals surface area contributed by atoms with Gasteiger partial charge in [0.25, 0.3) is 0 Å². The van der Waals surface area contributed by atoms with Crippen LogP contribution in [0.4, 0.5) is 5.69 Å². The Morgan fingerprint density at radius 1 is 0.537 bits per heavy atom. The predicted molar refractivity (Wildman–Crippen MR) is 158 cm³/mol. The van der Waals surface area contributed by atoms with Gasteiger partial charge >= 0.3 is 0 Å². The van der Waals surface area contributed by atoms with Gasteiger partial charge < -0.3 is 43.2 Å². The zero-order valence-corrected chi connectivity index (χ0v) is 24.4. The number of nitrogens with one attached hydrogen (secondary N) is 1. The van der Waals surface area contributed by atoms with Crippen LogP contribution in [0.5, 0.6) is 46.0 Å². The lowest BCUT2D eigenvalue weighted by Gasteiger charge is -2.16. The second-order valence-electron chi connectivity index (χ2n) is 8.34. The van der Waals surface area contributed by atoms with Crippen LogP contribution in [0.25, 0.3) is 18.2 Å². The number of rotatable bonds is 13. The van der Waals surface area contributed by atoms with Crippen molar-refractivity contribution in [3.8, 4) is 46.0 Å². The van der Waals surface area contributed by atoms with E-state index >= 15 is 0 Å². The first-order chi connectivity index (χ1) is 19.9. The summed E-state index contributed by atoms with van der Waals surface area (Å²) in [5.41, 5.74) is 2.56. The third-order valence-corrected chi connectivity index (χ3v) is 6.08. The third kappa shape index (κ3) is 6.96. The highest BCUT2D eigenvalue weighted by Crippen LogP contribution is 2.41. The van der Waals surface area contributed by atoms with Crippen LogP contribution < -0.4 is 43.2 Å². The van der Waals surface area contributed by atoms with Crippen molar-refractivity contribution in [2.24, 2.45) is 0 Å². The van der Waals surface area contributed by atoms with Crippen molar-refractivity contribution in [1.82, 2.24) is 0 Å². The molecule has 0 fully saturated rings. The fraction of sp³-hybridized carbons (Fsp3) is 0.258. The van der Waals surface area contributed by atoms with E-state index in [0.717, 1.165) is 5.56 Å². The molecule has 0 spiro atoms. The standard InChI is InChI=1S/C31H35NO9/c1-34-22-13-12-21(11-9-19-15-23(35-2)29(39-6)24(16-19)36-3)28(31(22)41-8)32-27(33)14-10-20-17-25(37-4)30(40-7)26(18-20)38-5/h9-18H,1-8H3,(H,32,33)/b11-9+,14-10+. The van der Waals surface area contributed by atoms with Crippen LogP contribution in [0.3, 0.4) is 0 Å². The molecule has 3 aromatic carbocycles. The van der Waals surface area contributed by atoms with Gasteiger partial charge in [0.1, 0.15) is 0 Å². The molecule has 0 aliphatic rings. The van der Waals surface area contributed by atoms with Gasteiger partial charge in [-0.15, -0.1) is 0 Å². The first-order valence-electron chi connectivity index (χ1n) is 12.4. The van der Waals surface area contributed by atoms with E-state index in [4.69, 9.17) is 37.9 Å². The second kappa shape index (κ2) is 14.4. The smallest absolute Gasteiger partial charge is 0.248 e. The summed E-state index contributed by atoms with van der Waals surface area (Å²) in [6, 6.07) is 10.7. The van der Waals surface area contributed by atoms with Crippen molar-refractivity contribution in [3.05, 3.63) is 59.2 Å². The van der Waals surface area contributed by atoms with Crippen LogP contribution in [0, 0.1) is 0 Å². The molecule has 0 unspecified atom stereocenters. The molecular formula is C31H35NO9. The Kier molecular flexibility index (Phi) is 10.7. The number of ether oxygens (including phenoxy) is 8. The Morgan fingerprint density at radius 3 is 1.39 bits per heavy atom. The van der Waals surface area contributed by atoms with Gasteiger partial charge in [-0.1, -0.05) is 12.2 Å². The van der Waals surface area contributed by atoms with Gasteiger partial charge in [-0.25, -0.2) is 0 Å². The van der Waals surface area contributed by atoms with E-state index in [1.165, 1.54) is 41.6 Å². The Hall–Kier alpha value is -4.99. The zero-order chi connectivity index (χ0) is 29.9. The van der Waals surface area contributed by atoms with Crippen molar-refractivity contribution in [1.29, 1.82) is 0 Å². The highest BCUT2D eigenvalue weighted by molar-refractivity contribution is 6.05. The lowest BCUT2D eigenvalue weighted by Crippen LogP contribution is -2.11. The van der Waals surface area contributed by atoms with Gasteiger partial charge in [-0.3, -0.25) is 4.79 Å². The van der Waals surface area contributed by atoms with E-state index < -0.39 is 5.91 Å². The molecule has 0 aromatic heterocycles. The zero-order valence-electron chi connectivity index (χ0n) is 24.4. The van der Waals surface area contributed by atoms with Crippen LogP contribution in [-0.4, -0.2) is 62.8 Å². The van der Waals surface area contributed by atoms with E-state index in [1.54, 1.807) is 45.6 Å². The minimum Gasteiger partial charge on any atom is -0.493 e. The normalized spacial score (nSPS) is 10.8. The molecule has 10 heteroatoms. The van der Waals surface area contributed by atoms with E-state index in [-0.39, 0.29) is 0 Å². The van der Waals surface area contributed by atoms with Crippen LogP contribution in [0.2, 0.25) is 0 Å². The SMILES string of the molecule is COc1cc(/C=C/C(=O)Nc2c(/C=C/c3cc(OC)c(OC)c(OC)c3)ccc(OC)c2OC)cc(OC)c1OC. The molecule has 0 aliphatic carbocycles. The topological polar surface area (TPSA) is 103 Å². The highest BCUT2D eigenvalue weighted by Gasteiger charge is 2.17. The van der Waals surface area contributed by atoms with Crippen molar-refractivity contribution in [2.45, 2.75) is 0 Å². The molecule has 0 aliphatic heterocycles. The summed E-state index contributed by atoms with van der Waals surface area (Å²) in [5.74, 6) is 3.37. The summed E-state index contributed by atoms with van der Waals surface area (Å²) in [6.45, 7) is 0. The largest absolute Gasteiger partial charge is 0.493 e. The maximum absolute atomic E-state index is 13.1. The number of amides is 1. The molecule has 0 heterocycles. The predicted octanol–water partition coefficient (Wildman–Crippen LogP) is 5.58. The van der Waals surface area contributed by atoms with Crippen LogP contribution in [0.15, 0.2) is 42.5 Å². The quantitative estimate of drug-likeness (QED) is 0.210. The Balaban J connectivity index is 1.98. The second-order valence-corrected chi connectivity index (χ2v) is 8.34. The number of hydrogen-bond acceptors (Lipinski definition) is 9. The minimum atomic E-state index is -0.396. The Labute approximate surface area is 240 Å². The summed E-state index contributed by atoms with van der Waals surface area (Å²) in [4.78, 5) is 13.1. The van der Waals surface area contributed by atoms with E-state index in [2.05, 4.69) is 5.32 Å². The lowest BCUT2D eigenvalue weighted by molar-refractivity contribution is -0.111. The van der Waals surface area contributed by atoms with Gasteiger partial charge in [0, 0.05) is 11.6 Å². The van der Waals surface area contributed by atoms with Crippen molar-refractivity contribution in [3.63, 3.8) is 0 Å². The molecule has 0 bridgehead atoms. The van der Waals surface area contributed by atoms with E-state index in [1.807, 2.05) is 30.4 Å². The molecule has 218 valence electrons. The van der Waals surface area contributed by atoms with Crippen molar-refractivity contribution < 1.29 is 42.7 Å². The number of benzene rings is 3. The van der Waals surface area contributed by atoms with Gasteiger partial charge in [0.05, 0.1) is 62.6 Å². The van der Waals surface area contributed by atoms with Crippen LogP contribution >= 0.6 is 0 Å². The average molecular weight is 566 g/mol. The molecule has 1 N–H and O–H groups in total. The van der Waals surface area contributed by atoms with Crippen LogP contribution in [0.1, 0.15) is 16.7 Å². The van der Waals surface area contributed by atoms with Crippen LogP contribution in [-0.2, 0) is 4.79 Å². The summed E-state index contributed by atoms with van der Waals surface area (Å²) >= 11 is 0. The first kappa shape index (κ1) is 30.6. The Bertz CT molecular complexity index is 1380. The van der Waals surface area contributed by atoms with E-state index in [9.17, 15) is 4.79 Å². The maximum atomic E-state index is 13.1. The van der Waals surface area contributed by atoms with Gasteiger partial charge in [-0.2, -0.15) is 0 Å². The molecule has 0 saturated carbocycles. The van der Waals surface area contributed by atoms with Gasteiger partial charge in [-0.05, 0) is 53.6 Å². The molecular weight excluding hydrogens is 530 g/mol. The summed E-state index contributed by atoms with van der Waals surface area (Å²) in [6.07, 6.45) is 6.72. The summed E-state index contributed by atoms with van der Waals surface area (Å²) in [7, 11) is 12.3. The monoisotopic (exact) mass is 565 g/mol.